The number of ether oxygens (including phenoxy) is 1. The first kappa shape index (κ1) is 35.0. The molecular formula is C41H33ClFN3O8. The van der Waals surface area contributed by atoms with E-state index in [1.807, 2.05) is 6.08 Å². The van der Waals surface area contributed by atoms with E-state index in [0.29, 0.717) is 16.2 Å². The second-order valence-electron chi connectivity index (χ2n) is 13.9. The monoisotopic (exact) mass is 749 g/mol. The minimum Gasteiger partial charge on any atom is -0.504 e. The molecule has 4 aliphatic rings. The summed E-state index contributed by atoms with van der Waals surface area (Å²) in [5, 5.41) is 22.8. The van der Waals surface area contributed by atoms with Gasteiger partial charge >= 0.3 is 5.97 Å². The van der Waals surface area contributed by atoms with Crippen LogP contribution in [0.25, 0.3) is 0 Å². The lowest BCUT2D eigenvalue weighted by molar-refractivity contribution is -0.138. The van der Waals surface area contributed by atoms with Gasteiger partial charge in [0, 0.05) is 16.5 Å². The summed E-state index contributed by atoms with van der Waals surface area (Å²) < 4.78 is 19.7. The first-order valence-electron chi connectivity index (χ1n) is 17.5. The van der Waals surface area contributed by atoms with Crippen LogP contribution in [0.1, 0.15) is 47.2 Å². The SMILES string of the molecule is CCOc1cccc([C@H]2C3=CC[C@@H]4C(=O)N(c5cccc(C(=O)O)c5)C(=O)[C@@H]4[C@@H]3C[C@H]3C(=O)N(Nc4ccc(F)cc4)C(=O)[C@@]23c2ccc(Cl)cc2)c1O. The molecule has 3 fully saturated rings. The van der Waals surface area contributed by atoms with Crippen LogP contribution in [0.15, 0.2) is 103 Å². The molecule has 0 radical (unpaired) electrons. The number of hydrogen-bond acceptors (Lipinski definition) is 8. The zero-order valence-electron chi connectivity index (χ0n) is 28.7. The summed E-state index contributed by atoms with van der Waals surface area (Å²) in [5.41, 5.74) is 2.80. The zero-order valence-corrected chi connectivity index (χ0v) is 29.5. The average Bonchev–Trinajstić information content (AvgIpc) is 3.54. The van der Waals surface area contributed by atoms with Crippen molar-refractivity contribution in [2.75, 3.05) is 16.9 Å². The molecule has 2 aliphatic carbocycles. The maximum Gasteiger partial charge on any atom is 0.335 e. The summed E-state index contributed by atoms with van der Waals surface area (Å²) in [7, 11) is 0. The third-order valence-electron chi connectivity index (χ3n) is 11.2. The lowest BCUT2D eigenvalue weighted by atomic mass is 9.49. The van der Waals surface area contributed by atoms with Gasteiger partial charge < -0.3 is 14.9 Å². The molecule has 8 rings (SSSR count). The molecule has 0 unspecified atom stereocenters. The Hall–Kier alpha value is -6.01. The molecule has 2 saturated heterocycles. The highest BCUT2D eigenvalue weighted by molar-refractivity contribution is 6.30. The van der Waals surface area contributed by atoms with Crippen molar-refractivity contribution in [1.29, 1.82) is 0 Å². The predicted molar refractivity (Wildman–Crippen MR) is 194 cm³/mol. The molecule has 13 heteroatoms. The van der Waals surface area contributed by atoms with Crippen molar-refractivity contribution >= 4 is 52.6 Å². The highest BCUT2D eigenvalue weighted by Crippen LogP contribution is 2.65. The maximum atomic E-state index is 15.3. The smallest absolute Gasteiger partial charge is 0.335 e. The first-order chi connectivity index (χ1) is 26.0. The van der Waals surface area contributed by atoms with E-state index in [-0.39, 0.29) is 53.4 Å². The van der Waals surface area contributed by atoms with Gasteiger partial charge in [-0.2, -0.15) is 5.01 Å². The molecule has 1 saturated carbocycles. The fourth-order valence-corrected chi connectivity index (χ4v) is 9.20. The number of phenolic OH excluding ortho intramolecular Hbond substituents is 1. The van der Waals surface area contributed by atoms with Gasteiger partial charge in [-0.15, -0.1) is 0 Å². The number of allylic oxidation sites excluding steroid dienone is 2. The number of rotatable bonds is 8. The molecule has 4 aromatic rings. The second kappa shape index (κ2) is 13.1. The summed E-state index contributed by atoms with van der Waals surface area (Å²) in [6, 6.07) is 22.3. The van der Waals surface area contributed by atoms with Crippen LogP contribution >= 0.6 is 11.6 Å². The van der Waals surface area contributed by atoms with Crippen LogP contribution in [0.2, 0.25) is 5.02 Å². The molecule has 54 heavy (non-hydrogen) atoms. The second-order valence-corrected chi connectivity index (χ2v) is 14.3. The maximum absolute atomic E-state index is 15.3. The van der Waals surface area contributed by atoms with E-state index in [0.717, 1.165) is 9.91 Å². The van der Waals surface area contributed by atoms with Gasteiger partial charge in [0.25, 0.3) is 11.8 Å². The van der Waals surface area contributed by atoms with Crippen LogP contribution in [0.5, 0.6) is 11.5 Å². The van der Waals surface area contributed by atoms with Crippen LogP contribution in [-0.2, 0) is 24.6 Å². The first-order valence-corrected chi connectivity index (χ1v) is 17.9. The Kier molecular flexibility index (Phi) is 8.52. The summed E-state index contributed by atoms with van der Waals surface area (Å²) in [5.74, 6) is -8.84. The molecule has 2 aliphatic heterocycles. The van der Waals surface area contributed by atoms with Crippen LogP contribution < -0.4 is 15.1 Å². The zero-order chi connectivity index (χ0) is 38.1. The molecule has 0 aromatic heterocycles. The summed E-state index contributed by atoms with van der Waals surface area (Å²) in [6.45, 7) is 1.99. The Morgan fingerprint density at radius 1 is 0.944 bits per heavy atom. The van der Waals surface area contributed by atoms with Crippen molar-refractivity contribution in [1.82, 2.24) is 5.01 Å². The van der Waals surface area contributed by atoms with Crippen molar-refractivity contribution in [3.63, 3.8) is 0 Å². The number of halogens is 2. The number of carboxylic acids is 1. The molecule has 11 nitrogen and oxygen atoms in total. The van der Waals surface area contributed by atoms with E-state index in [2.05, 4.69) is 5.43 Å². The third kappa shape index (κ3) is 5.19. The van der Waals surface area contributed by atoms with Crippen LogP contribution in [-0.4, -0.2) is 51.4 Å². The third-order valence-corrected chi connectivity index (χ3v) is 11.5. The number of imide groups is 2. The van der Waals surface area contributed by atoms with Gasteiger partial charge in [-0.1, -0.05) is 53.6 Å². The summed E-state index contributed by atoms with van der Waals surface area (Å²) in [6.07, 6.45) is 1.93. The molecule has 0 bridgehead atoms. The largest absolute Gasteiger partial charge is 0.504 e. The molecule has 4 aromatic carbocycles. The number of para-hydroxylation sites is 1. The van der Waals surface area contributed by atoms with Gasteiger partial charge in [-0.3, -0.25) is 29.5 Å². The van der Waals surface area contributed by atoms with Crippen molar-refractivity contribution in [2.45, 2.75) is 31.1 Å². The molecule has 4 amide bonds. The van der Waals surface area contributed by atoms with E-state index in [9.17, 15) is 33.8 Å². The molecule has 6 atom stereocenters. The van der Waals surface area contributed by atoms with Crippen molar-refractivity contribution < 1.29 is 43.3 Å². The number of hydrazine groups is 1. The van der Waals surface area contributed by atoms with Crippen LogP contribution in [0.3, 0.4) is 0 Å². The van der Waals surface area contributed by atoms with E-state index in [4.69, 9.17) is 16.3 Å². The fourth-order valence-electron chi connectivity index (χ4n) is 9.08. The number of fused-ring (bicyclic) bond motifs is 4. The average molecular weight is 750 g/mol. The highest BCUT2D eigenvalue weighted by Gasteiger charge is 2.70. The molecular weight excluding hydrogens is 717 g/mol. The Morgan fingerprint density at radius 3 is 2.37 bits per heavy atom. The Morgan fingerprint density at radius 2 is 1.67 bits per heavy atom. The van der Waals surface area contributed by atoms with Gasteiger partial charge in [0.15, 0.2) is 11.5 Å². The molecule has 3 N–H and O–H groups in total. The predicted octanol–water partition coefficient (Wildman–Crippen LogP) is 6.47. The van der Waals surface area contributed by atoms with Gasteiger partial charge in [0.05, 0.1) is 46.7 Å². The standard InChI is InChI=1S/C41H33ClFN3O8/c1-2-54-32-8-4-7-29(35(32)47)34-27-17-18-28-33(38(50)45(36(28)48)26-6-3-5-21(19-26)39(51)52)30(27)20-31-37(49)46(44-25-15-13-24(43)14-16-25)40(53)41(31,34)22-9-11-23(42)12-10-22/h3-17,19,28,30-31,33-34,44,47H,2,18,20H2,1H3,(H,51,52)/t28-,30+,31-,33-,34+,41+/m0/s1. The summed E-state index contributed by atoms with van der Waals surface area (Å²) in [4.78, 5) is 71.5. The Bertz CT molecular complexity index is 2280. The number of amides is 4. The van der Waals surface area contributed by atoms with Crippen LogP contribution in [0.4, 0.5) is 15.8 Å². The Labute approximate surface area is 313 Å². The lowest BCUT2D eigenvalue weighted by Gasteiger charge is -2.50. The van der Waals surface area contributed by atoms with Crippen molar-refractivity contribution in [3.8, 4) is 11.5 Å². The number of aromatic carboxylic acids is 1. The van der Waals surface area contributed by atoms with E-state index < -0.39 is 70.4 Å². The number of carboxylic acid groups (broad SMARTS) is 1. The summed E-state index contributed by atoms with van der Waals surface area (Å²) >= 11 is 6.35. The Balaban J connectivity index is 1.33. The fraction of sp³-hybridized carbons (Fsp3) is 0.244. The number of phenols is 1. The molecule has 2 heterocycles. The highest BCUT2D eigenvalue weighted by atomic mass is 35.5. The van der Waals surface area contributed by atoms with Crippen molar-refractivity contribution in [3.05, 3.63) is 130 Å². The number of anilines is 2. The van der Waals surface area contributed by atoms with Gasteiger partial charge in [0.2, 0.25) is 11.8 Å². The number of aromatic hydroxyl groups is 1. The number of carbonyl (C=O) groups excluding carboxylic acids is 4. The van der Waals surface area contributed by atoms with E-state index in [1.54, 1.807) is 49.4 Å². The van der Waals surface area contributed by atoms with E-state index >= 15 is 4.79 Å². The minimum atomic E-state index is -1.70. The van der Waals surface area contributed by atoms with Crippen LogP contribution in [0, 0.1) is 29.5 Å². The minimum absolute atomic E-state index is 0.0216. The number of hydrogen-bond donors (Lipinski definition) is 3. The van der Waals surface area contributed by atoms with Gasteiger partial charge in [-0.25, -0.2) is 9.18 Å². The topological polar surface area (TPSA) is 154 Å². The number of carbonyl (C=O) groups is 5. The van der Waals surface area contributed by atoms with Crippen molar-refractivity contribution in [2.24, 2.45) is 23.7 Å². The lowest BCUT2D eigenvalue weighted by Crippen LogP contribution is -2.53. The van der Waals surface area contributed by atoms with E-state index in [1.165, 1.54) is 48.5 Å². The number of benzene rings is 4. The normalized spacial score (nSPS) is 25.9. The molecule has 0 spiro atoms. The van der Waals surface area contributed by atoms with Gasteiger partial charge in [0.1, 0.15) is 5.82 Å². The number of nitrogens with zero attached hydrogens (tertiary/aromatic N) is 2. The van der Waals surface area contributed by atoms with Gasteiger partial charge in [-0.05, 0) is 91.9 Å². The number of nitrogens with one attached hydrogen (secondary N) is 1. The molecule has 274 valence electrons. The quantitative estimate of drug-likeness (QED) is 0.136.